The molecule has 1 unspecified atom stereocenters. The molecule has 1 N–H and O–H groups in total. The van der Waals surface area contributed by atoms with Crippen molar-refractivity contribution in [3.63, 3.8) is 0 Å². The maximum absolute atomic E-state index is 11.3. The Morgan fingerprint density at radius 2 is 2.30 bits per heavy atom. The summed E-state index contributed by atoms with van der Waals surface area (Å²) in [6.45, 7) is 0.717. The summed E-state index contributed by atoms with van der Waals surface area (Å²) in [5.41, 5.74) is 1.80. The topological polar surface area (TPSA) is 46.9 Å². The van der Waals surface area contributed by atoms with Crippen LogP contribution in [0.25, 0.3) is 11.0 Å². The molecule has 0 radical (unpaired) electrons. The minimum Gasteiger partial charge on any atom is -0.352 e. The van der Waals surface area contributed by atoms with Gasteiger partial charge in [-0.2, -0.15) is 0 Å². The third kappa shape index (κ3) is 2.50. The van der Waals surface area contributed by atoms with E-state index in [1.54, 1.807) is 0 Å². The van der Waals surface area contributed by atoms with Crippen LogP contribution in [-0.4, -0.2) is 27.4 Å². The van der Waals surface area contributed by atoms with E-state index in [2.05, 4.69) is 14.9 Å². The molecule has 2 heterocycles. The normalized spacial score (nSPS) is 18.7. The third-order valence-electron chi connectivity index (χ3n) is 3.61. The lowest BCUT2D eigenvalue weighted by Gasteiger charge is -2.14. The molecule has 0 saturated carbocycles. The molecular weight excluding hydrogens is 297 g/mol. The summed E-state index contributed by atoms with van der Waals surface area (Å²) in [4.78, 5) is 15.9. The van der Waals surface area contributed by atoms with Gasteiger partial charge in [-0.3, -0.25) is 4.79 Å². The predicted molar refractivity (Wildman–Crippen MR) is 80.3 cm³/mol. The van der Waals surface area contributed by atoms with E-state index in [-0.39, 0.29) is 11.9 Å². The molecule has 2 aromatic rings. The Balaban J connectivity index is 2.00. The van der Waals surface area contributed by atoms with Crippen molar-refractivity contribution in [3.8, 4) is 0 Å². The Morgan fingerprint density at radius 1 is 1.45 bits per heavy atom. The Labute approximate surface area is 127 Å². The van der Waals surface area contributed by atoms with Crippen molar-refractivity contribution in [2.24, 2.45) is 0 Å². The van der Waals surface area contributed by atoms with Crippen molar-refractivity contribution < 1.29 is 4.79 Å². The van der Waals surface area contributed by atoms with Gasteiger partial charge in [0.2, 0.25) is 5.91 Å². The minimum absolute atomic E-state index is 0.122. The van der Waals surface area contributed by atoms with Gasteiger partial charge in [0.1, 0.15) is 11.3 Å². The van der Waals surface area contributed by atoms with Crippen molar-refractivity contribution in [2.75, 3.05) is 5.88 Å². The summed E-state index contributed by atoms with van der Waals surface area (Å²) < 4.78 is 2.12. The number of carbonyl (C=O) groups is 1. The van der Waals surface area contributed by atoms with Crippen LogP contribution in [0.3, 0.4) is 0 Å². The van der Waals surface area contributed by atoms with Gasteiger partial charge in [0.15, 0.2) is 0 Å². The molecule has 1 aliphatic rings. The predicted octanol–water partition coefficient (Wildman–Crippen LogP) is 2.75. The average Bonchev–Trinajstić information content (AvgIpc) is 2.97. The van der Waals surface area contributed by atoms with Gasteiger partial charge < -0.3 is 9.88 Å². The van der Waals surface area contributed by atoms with Gasteiger partial charge in [0, 0.05) is 31.3 Å². The van der Waals surface area contributed by atoms with Crippen LogP contribution in [0.1, 0.15) is 18.7 Å². The first-order valence-corrected chi connectivity index (χ1v) is 7.59. The van der Waals surface area contributed by atoms with Crippen LogP contribution < -0.4 is 5.32 Å². The first-order valence-electron chi connectivity index (χ1n) is 6.68. The highest BCUT2D eigenvalue weighted by Crippen LogP contribution is 2.25. The number of nitrogens with zero attached hydrogens (tertiary/aromatic N) is 2. The monoisotopic (exact) mass is 311 g/mol. The standard InChI is InChI=1S/C14H15Cl2N3O/c15-7-6-12-18-14-10(16)2-1-3-11(14)19(12)8-9-4-5-13(20)17-9/h1-3,9H,4-8H2,(H,17,20). The molecule has 20 heavy (non-hydrogen) atoms. The highest BCUT2D eigenvalue weighted by atomic mass is 35.5. The number of para-hydroxylation sites is 1. The number of halogens is 2. The van der Waals surface area contributed by atoms with Gasteiger partial charge in [-0.25, -0.2) is 4.98 Å². The maximum Gasteiger partial charge on any atom is 0.220 e. The van der Waals surface area contributed by atoms with Gasteiger partial charge in [-0.05, 0) is 18.6 Å². The van der Waals surface area contributed by atoms with Crippen LogP contribution in [-0.2, 0) is 17.8 Å². The van der Waals surface area contributed by atoms with E-state index in [1.165, 1.54) is 0 Å². The molecule has 0 aliphatic carbocycles. The summed E-state index contributed by atoms with van der Waals surface area (Å²) in [6, 6.07) is 5.92. The van der Waals surface area contributed by atoms with Crippen LogP contribution in [0, 0.1) is 0 Å². The number of alkyl halides is 1. The summed E-state index contributed by atoms with van der Waals surface area (Å²) >= 11 is 12.1. The molecule has 1 atom stereocenters. The number of hydrogen-bond donors (Lipinski definition) is 1. The second kappa shape index (κ2) is 5.62. The number of hydrogen-bond acceptors (Lipinski definition) is 2. The van der Waals surface area contributed by atoms with Crippen LogP contribution in [0.2, 0.25) is 5.02 Å². The largest absolute Gasteiger partial charge is 0.352 e. The lowest BCUT2D eigenvalue weighted by atomic mass is 10.2. The minimum atomic E-state index is 0.122. The fourth-order valence-corrected chi connectivity index (χ4v) is 3.06. The number of rotatable bonds is 4. The van der Waals surface area contributed by atoms with Crippen molar-refractivity contribution >= 4 is 40.1 Å². The van der Waals surface area contributed by atoms with Crippen molar-refractivity contribution in [3.05, 3.63) is 29.0 Å². The number of benzene rings is 1. The molecule has 1 amide bonds. The van der Waals surface area contributed by atoms with Crippen LogP contribution >= 0.6 is 23.2 Å². The smallest absolute Gasteiger partial charge is 0.220 e. The number of aryl methyl sites for hydroxylation is 1. The molecule has 3 rings (SSSR count). The zero-order valence-electron chi connectivity index (χ0n) is 10.9. The summed E-state index contributed by atoms with van der Waals surface area (Å²) in [5, 5.41) is 3.63. The van der Waals surface area contributed by atoms with Crippen LogP contribution in [0.4, 0.5) is 0 Å². The number of carbonyl (C=O) groups excluding carboxylic acids is 1. The molecular formula is C14H15Cl2N3O. The molecule has 1 aromatic carbocycles. The number of imidazole rings is 1. The van der Waals surface area contributed by atoms with E-state index in [0.29, 0.717) is 23.7 Å². The Hall–Kier alpha value is -1.26. The van der Waals surface area contributed by atoms with Gasteiger partial charge in [-0.1, -0.05) is 17.7 Å². The van der Waals surface area contributed by atoms with Gasteiger partial charge >= 0.3 is 0 Å². The zero-order chi connectivity index (χ0) is 14.1. The van der Waals surface area contributed by atoms with E-state index in [0.717, 1.165) is 29.8 Å². The SMILES string of the molecule is O=C1CCC(Cn2c(CCCl)nc3c(Cl)cccc32)N1. The summed E-state index contributed by atoms with van der Waals surface area (Å²) in [6.07, 6.45) is 2.15. The van der Waals surface area contributed by atoms with E-state index >= 15 is 0 Å². The van der Waals surface area contributed by atoms with E-state index in [1.807, 2.05) is 18.2 Å². The van der Waals surface area contributed by atoms with Gasteiger partial charge in [0.25, 0.3) is 0 Å². The summed E-state index contributed by atoms with van der Waals surface area (Å²) in [5.74, 6) is 1.55. The number of aromatic nitrogens is 2. The molecule has 1 saturated heterocycles. The number of amides is 1. The summed E-state index contributed by atoms with van der Waals surface area (Å²) in [7, 11) is 0. The molecule has 1 aliphatic heterocycles. The van der Waals surface area contributed by atoms with Crippen molar-refractivity contribution in [1.29, 1.82) is 0 Å². The maximum atomic E-state index is 11.3. The Morgan fingerprint density at radius 3 is 3.00 bits per heavy atom. The Bertz CT molecular complexity index is 653. The van der Waals surface area contributed by atoms with E-state index in [9.17, 15) is 4.79 Å². The quantitative estimate of drug-likeness (QED) is 0.883. The first kappa shape index (κ1) is 13.7. The number of fused-ring (bicyclic) bond motifs is 1. The van der Waals surface area contributed by atoms with E-state index in [4.69, 9.17) is 23.2 Å². The second-order valence-corrected chi connectivity index (χ2v) is 5.77. The molecule has 0 spiro atoms. The van der Waals surface area contributed by atoms with Crippen LogP contribution in [0.5, 0.6) is 0 Å². The molecule has 1 fully saturated rings. The first-order chi connectivity index (χ1) is 9.69. The lowest BCUT2D eigenvalue weighted by molar-refractivity contribution is -0.119. The third-order valence-corrected chi connectivity index (χ3v) is 4.11. The molecule has 6 heteroatoms. The van der Waals surface area contributed by atoms with Crippen LogP contribution in [0.15, 0.2) is 18.2 Å². The lowest BCUT2D eigenvalue weighted by Crippen LogP contribution is -2.30. The Kier molecular flexibility index (Phi) is 3.85. The molecule has 4 nitrogen and oxygen atoms in total. The molecule has 106 valence electrons. The highest BCUT2D eigenvalue weighted by Gasteiger charge is 2.23. The molecule has 1 aromatic heterocycles. The second-order valence-electron chi connectivity index (χ2n) is 4.99. The van der Waals surface area contributed by atoms with E-state index < -0.39 is 0 Å². The zero-order valence-corrected chi connectivity index (χ0v) is 12.4. The van der Waals surface area contributed by atoms with Gasteiger partial charge in [-0.15, -0.1) is 11.6 Å². The van der Waals surface area contributed by atoms with Crippen molar-refractivity contribution in [2.45, 2.75) is 31.8 Å². The highest BCUT2D eigenvalue weighted by molar-refractivity contribution is 6.34. The van der Waals surface area contributed by atoms with Crippen molar-refractivity contribution in [1.82, 2.24) is 14.9 Å². The number of nitrogens with one attached hydrogen (secondary N) is 1. The fourth-order valence-electron chi connectivity index (χ4n) is 2.67. The fraction of sp³-hybridized carbons (Fsp3) is 0.429. The average molecular weight is 312 g/mol. The van der Waals surface area contributed by atoms with Gasteiger partial charge in [0.05, 0.1) is 10.5 Å². The molecule has 0 bridgehead atoms.